The predicted octanol–water partition coefficient (Wildman–Crippen LogP) is 2.52. The first kappa shape index (κ1) is 14.2. The lowest BCUT2D eigenvalue weighted by molar-refractivity contribution is 0.356. The van der Waals surface area contributed by atoms with Crippen molar-refractivity contribution in [3.8, 4) is 0 Å². The smallest absolute Gasteiger partial charge is 0.171 e. The van der Waals surface area contributed by atoms with Crippen molar-refractivity contribution in [3.63, 3.8) is 0 Å². The quantitative estimate of drug-likeness (QED) is 0.849. The maximum Gasteiger partial charge on any atom is 0.171 e. The average Bonchev–Trinajstić information content (AvgIpc) is 2.19. The molecular formula is C12H21ClN4. The second-order valence-electron chi connectivity index (χ2n) is 4.93. The Kier molecular flexibility index (Phi) is 5.65. The molecule has 1 aromatic rings. The molecule has 0 bridgehead atoms. The molecule has 0 radical (unpaired) electrons. The van der Waals surface area contributed by atoms with E-state index in [1.165, 1.54) is 0 Å². The second-order valence-corrected chi connectivity index (χ2v) is 5.29. The molecule has 1 unspecified atom stereocenters. The fourth-order valence-corrected chi connectivity index (χ4v) is 1.96. The third kappa shape index (κ3) is 5.33. The molecule has 96 valence electrons. The van der Waals surface area contributed by atoms with Crippen LogP contribution in [0.5, 0.6) is 0 Å². The number of hydrogen-bond donors (Lipinski definition) is 1. The molecule has 0 aliphatic heterocycles. The van der Waals surface area contributed by atoms with E-state index in [1.54, 1.807) is 12.4 Å². The number of aromatic nitrogens is 2. The van der Waals surface area contributed by atoms with Gasteiger partial charge < -0.3 is 10.2 Å². The first-order valence-electron chi connectivity index (χ1n) is 5.86. The fourth-order valence-electron chi connectivity index (χ4n) is 1.80. The van der Waals surface area contributed by atoms with Gasteiger partial charge in [0.15, 0.2) is 11.0 Å². The van der Waals surface area contributed by atoms with E-state index in [-0.39, 0.29) is 0 Å². The van der Waals surface area contributed by atoms with E-state index in [4.69, 9.17) is 11.6 Å². The summed E-state index contributed by atoms with van der Waals surface area (Å²) in [7, 11) is 4.13. The summed E-state index contributed by atoms with van der Waals surface area (Å²) in [6.45, 7) is 5.37. The summed E-state index contributed by atoms with van der Waals surface area (Å²) in [5.41, 5.74) is 0. The summed E-state index contributed by atoms with van der Waals surface area (Å²) < 4.78 is 0. The van der Waals surface area contributed by atoms with Crippen molar-refractivity contribution in [2.45, 2.75) is 26.3 Å². The van der Waals surface area contributed by atoms with Crippen LogP contribution >= 0.6 is 11.6 Å². The van der Waals surface area contributed by atoms with Crippen LogP contribution < -0.4 is 5.32 Å². The van der Waals surface area contributed by atoms with Gasteiger partial charge >= 0.3 is 0 Å². The van der Waals surface area contributed by atoms with Gasteiger partial charge in [-0.15, -0.1) is 0 Å². The summed E-state index contributed by atoms with van der Waals surface area (Å²) in [6, 6.07) is 0.333. The zero-order valence-corrected chi connectivity index (χ0v) is 11.7. The highest BCUT2D eigenvalue weighted by atomic mass is 35.5. The molecule has 5 heteroatoms. The van der Waals surface area contributed by atoms with E-state index < -0.39 is 0 Å². The number of rotatable bonds is 6. The van der Waals surface area contributed by atoms with E-state index in [1.807, 2.05) is 0 Å². The molecule has 1 N–H and O–H groups in total. The standard InChI is InChI=1S/C12H21ClN4/c1-9(2)7-10(8-17(3)4)16-12-11(13)14-5-6-15-12/h5-6,9-10H,7-8H2,1-4H3,(H,15,16). The lowest BCUT2D eigenvalue weighted by Gasteiger charge is -2.24. The predicted molar refractivity (Wildman–Crippen MR) is 72.5 cm³/mol. The number of anilines is 1. The molecular weight excluding hydrogens is 236 g/mol. The van der Waals surface area contributed by atoms with Gasteiger partial charge in [0, 0.05) is 25.0 Å². The van der Waals surface area contributed by atoms with Crippen LogP contribution in [0.4, 0.5) is 5.82 Å². The normalized spacial score (nSPS) is 13.1. The minimum absolute atomic E-state index is 0.333. The Balaban J connectivity index is 2.68. The summed E-state index contributed by atoms with van der Waals surface area (Å²) in [5, 5.41) is 3.79. The number of likely N-dealkylation sites (N-methyl/N-ethyl adjacent to an activating group) is 1. The zero-order chi connectivity index (χ0) is 12.8. The molecule has 0 saturated heterocycles. The van der Waals surface area contributed by atoms with E-state index in [0.717, 1.165) is 13.0 Å². The monoisotopic (exact) mass is 256 g/mol. The molecule has 1 heterocycles. The molecule has 0 aliphatic carbocycles. The van der Waals surface area contributed by atoms with Crippen LogP contribution in [0.15, 0.2) is 12.4 Å². The molecule has 0 aromatic carbocycles. The topological polar surface area (TPSA) is 41.0 Å². The maximum atomic E-state index is 5.99. The van der Waals surface area contributed by atoms with E-state index >= 15 is 0 Å². The molecule has 0 saturated carbocycles. The Labute approximate surface area is 108 Å². The van der Waals surface area contributed by atoms with Gasteiger partial charge in [0.05, 0.1) is 0 Å². The van der Waals surface area contributed by atoms with Gasteiger partial charge in [-0.2, -0.15) is 0 Å². The number of hydrogen-bond acceptors (Lipinski definition) is 4. The van der Waals surface area contributed by atoms with Gasteiger partial charge in [0.25, 0.3) is 0 Å². The highest BCUT2D eigenvalue weighted by Crippen LogP contribution is 2.17. The largest absolute Gasteiger partial charge is 0.363 e. The summed E-state index contributed by atoms with van der Waals surface area (Å²) in [5.74, 6) is 1.30. The molecule has 1 rings (SSSR count). The van der Waals surface area contributed by atoms with Gasteiger partial charge in [-0.25, -0.2) is 9.97 Å². The number of nitrogens with zero attached hydrogens (tertiary/aromatic N) is 3. The Morgan fingerprint density at radius 2 is 1.94 bits per heavy atom. The first-order chi connectivity index (χ1) is 7.99. The zero-order valence-electron chi connectivity index (χ0n) is 10.9. The van der Waals surface area contributed by atoms with Crippen LogP contribution in [0.2, 0.25) is 5.15 Å². The Morgan fingerprint density at radius 1 is 1.29 bits per heavy atom. The minimum atomic E-state index is 0.333. The van der Waals surface area contributed by atoms with Gasteiger partial charge in [-0.05, 0) is 26.4 Å². The van der Waals surface area contributed by atoms with E-state index in [2.05, 4.69) is 48.1 Å². The summed E-state index contributed by atoms with van der Waals surface area (Å²) >= 11 is 5.99. The SMILES string of the molecule is CC(C)CC(CN(C)C)Nc1nccnc1Cl. The summed E-state index contributed by atoms with van der Waals surface area (Å²) in [6.07, 6.45) is 4.32. The Morgan fingerprint density at radius 3 is 2.47 bits per heavy atom. The molecule has 1 aromatic heterocycles. The molecule has 17 heavy (non-hydrogen) atoms. The second kappa shape index (κ2) is 6.77. The van der Waals surface area contributed by atoms with Crippen LogP contribution in [0.3, 0.4) is 0 Å². The lowest BCUT2D eigenvalue weighted by Crippen LogP contribution is -2.33. The van der Waals surface area contributed by atoms with Crippen LogP contribution in [-0.4, -0.2) is 41.5 Å². The van der Waals surface area contributed by atoms with Gasteiger partial charge in [0.2, 0.25) is 0 Å². The van der Waals surface area contributed by atoms with Crippen molar-refractivity contribution < 1.29 is 0 Å². The highest BCUT2D eigenvalue weighted by Gasteiger charge is 2.14. The van der Waals surface area contributed by atoms with Crippen molar-refractivity contribution in [1.29, 1.82) is 0 Å². The fraction of sp³-hybridized carbons (Fsp3) is 0.667. The molecule has 1 atom stereocenters. The molecule has 0 aliphatic rings. The Hall–Kier alpha value is -0.870. The van der Waals surface area contributed by atoms with Crippen molar-refractivity contribution in [1.82, 2.24) is 14.9 Å². The van der Waals surface area contributed by atoms with Crippen LogP contribution in [0.1, 0.15) is 20.3 Å². The van der Waals surface area contributed by atoms with Crippen molar-refractivity contribution >= 4 is 17.4 Å². The van der Waals surface area contributed by atoms with Crippen LogP contribution in [0, 0.1) is 5.92 Å². The van der Waals surface area contributed by atoms with Gasteiger partial charge in [0.1, 0.15) is 0 Å². The minimum Gasteiger partial charge on any atom is -0.363 e. The lowest BCUT2D eigenvalue weighted by atomic mass is 10.0. The van der Waals surface area contributed by atoms with Crippen molar-refractivity contribution in [2.24, 2.45) is 5.92 Å². The van der Waals surface area contributed by atoms with Gasteiger partial charge in [-0.3, -0.25) is 0 Å². The third-order valence-electron chi connectivity index (χ3n) is 2.34. The molecule has 0 spiro atoms. The molecule has 0 amide bonds. The van der Waals surface area contributed by atoms with E-state index in [0.29, 0.717) is 22.9 Å². The first-order valence-corrected chi connectivity index (χ1v) is 6.24. The highest BCUT2D eigenvalue weighted by molar-refractivity contribution is 6.31. The van der Waals surface area contributed by atoms with Crippen molar-refractivity contribution in [3.05, 3.63) is 17.5 Å². The van der Waals surface area contributed by atoms with Crippen LogP contribution in [-0.2, 0) is 0 Å². The van der Waals surface area contributed by atoms with E-state index in [9.17, 15) is 0 Å². The van der Waals surface area contributed by atoms with Crippen molar-refractivity contribution in [2.75, 3.05) is 26.0 Å². The van der Waals surface area contributed by atoms with Gasteiger partial charge in [-0.1, -0.05) is 25.4 Å². The summed E-state index contributed by atoms with van der Waals surface area (Å²) in [4.78, 5) is 10.4. The number of halogens is 1. The maximum absolute atomic E-state index is 5.99. The van der Waals surface area contributed by atoms with Crippen LogP contribution in [0.25, 0.3) is 0 Å². The Bertz CT molecular complexity index is 331. The average molecular weight is 257 g/mol. The molecule has 4 nitrogen and oxygen atoms in total. The third-order valence-corrected chi connectivity index (χ3v) is 2.61. The molecule has 0 fully saturated rings. The number of nitrogens with one attached hydrogen (secondary N) is 1.